The second-order valence-corrected chi connectivity index (χ2v) is 5.33. The molecule has 2 aliphatic carbocycles. The number of allylic oxidation sites excluding steroid dienone is 3. The smallest absolute Gasteiger partial charge is 0.0605 e. The quantitative estimate of drug-likeness (QED) is 0.568. The highest BCUT2D eigenvalue weighted by molar-refractivity contribution is 5.75. The van der Waals surface area contributed by atoms with Crippen LogP contribution in [-0.2, 0) is 0 Å². The molecule has 2 atom stereocenters. The van der Waals surface area contributed by atoms with Gasteiger partial charge in [0, 0.05) is 6.21 Å². The molecular weight excluding hydrogens is 182 g/mol. The van der Waals surface area contributed by atoms with Gasteiger partial charge in [-0.05, 0) is 66.7 Å². The summed E-state index contributed by atoms with van der Waals surface area (Å²) in [5.74, 6) is 1.74. The van der Waals surface area contributed by atoms with Crippen molar-refractivity contribution in [3.05, 3.63) is 22.8 Å². The van der Waals surface area contributed by atoms with Gasteiger partial charge in [0.25, 0.3) is 0 Å². The lowest BCUT2D eigenvalue weighted by molar-refractivity contribution is 0.357. The van der Waals surface area contributed by atoms with Crippen LogP contribution in [0.3, 0.4) is 0 Å². The highest BCUT2D eigenvalue weighted by Gasteiger charge is 2.31. The molecule has 0 aromatic heterocycles. The van der Waals surface area contributed by atoms with Crippen molar-refractivity contribution in [2.24, 2.45) is 16.8 Å². The molecule has 0 aromatic carbocycles. The minimum absolute atomic E-state index is 0.866. The third kappa shape index (κ3) is 1.58. The standard InChI is InChI=1S/C14H19N/c1-10-7-12-4-2-3-11-5-6-15-9-13(8-10)14(11)12/h5-6,10,12H,2-4,7-9H2,1H3. The molecule has 15 heavy (non-hydrogen) atoms. The fraction of sp³-hybridized carbons (Fsp3) is 0.643. The first-order valence-corrected chi connectivity index (χ1v) is 6.26. The second-order valence-electron chi connectivity index (χ2n) is 5.33. The maximum atomic E-state index is 4.49. The predicted molar refractivity (Wildman–Crippen MR) is 64.2 cm³/mol. The van der Waals surface area contributed by atoms with Gasteiger partial charge in [-0.25, -0.2) is 0 Å². The van der Waals surface area contributed by atoms with E-state index in [-0.39, 0.29) is 0 Å². The predicted octanol–water partition coefficient (Wildman–Crippen LogP) is 3.52. The van der Waals surface area contributed by atoms with Crippen LogP contribution in [0.4, 0.5) is 0 Å². The Balaban J connectivity index is 2.06. The molecule has 0 bridgehead atoms. The van der Waals surface area contributed by atoms with Crippen LogP contribution in [0.2, 0.25) is 0 Å². The first kappa shape index (κ1) is 9.38. The number of rotatable bonds is 0. The van der Waals surface area contributed by atoms with Crippen molar-refractivity contribution < 1.29 is 0 Å². The van der Waals surface area contributed by atoms with Crippen molar-refractivity contribution >= 4 is 6.21 Å². The van der Waals surface area contributed by atoms with Gasteiger partial charge in [0.05, 0.1) is 6.54 Å². The average Bonchev–Trinajstić information content (AvgIpc) is 2.42. The van der Waals surface area contributed by atoms with Crippen LogP contribution >= 0.6 is 0 Å². The average molecular weight is 201 g/mol. The number of hydrogen-bond donors (Lipinski definition) is 0. The summed E-state index contributed by atoms with van der Waals surface area (Å²) in [5.41, 5.74) is 4.98. The number of hydrogen-bond acceptors (Lipinski definition) is 1. The monoisotopic (exact) mass is 201 g/mol. The van der Waals surface area contributed by atoms with Crippen LogP contribution < -0.4 is 0 Å². The summed E-state index contributed by atoms with van der Waals surface area (Å²) < 4.78 is 0. The molecule has 80 valence electrons. The zero-order chi connectivity index (χ0) is 10.3. The van der Waals surface area contributed by atoms with Gasteiger partial charge in [-0.15, -0.1) is 0 Å². The van der Waals surface area contributed by atoms with Crippen LogP contribution in [-0.4, -0.2) is 12.8 Å². The number of aliphatic imine (C=N–C) groups is 1. The normalized spacial score (nSPS) is 34.6. The molecule has 1 heterocycles. The van der Waals surface area contributed by atoms with E-state index in [0.29, 0.717) is 0 Å². The third-order valence-corrected chi connectivity index (χ3v) is 4.08. The van der Waals surface area contributed by atoms with Gasteiger partial charge in [0.2, 0.25) is 0 Å². The highest BCUT2D eigenvalue weighted by Crippen LogP contribution is 2.45. The van der Waals surface area contributed by atoms with E-state index in [1.54, 1.807) is 16.7 Å². The van der Waals surface area contributed by atoms with Crippen molar-refractivity contribution in [1.82, 2.24) is 0 Å². The first-order valence-electron chi connectivity index (χ1n) is 6.26. The maximum absolute atomic E-state index is 4.49. The van der Waals surface area contributed by atoms with Gasteiger partial charge >= 0.3 is 0 Å². The Bertz CT molecular complexity index is 360. The van der Waals surface area contributed by atoms with Crippen molar-refractivity contribution in [1.29, 1.82) is 0 Å². The van der Waals surface area contributed by atoms with Gasteiger partial charge in [0.15, 0.2) is 0 Å². The fourth-order valence-corrected chi connectivity index (χ4v) is 3.56. The SMILES string of the molecule is CC1CC2=C3C(=CC=NC2)CCCC3C1. The minimum Gasteiger partial charge on any atom is -0.289 e. The molecule has 1 aliphatic heterocycles. The molecule has 1 saturated carbocycles. The molecule has 0 spiro atoms. The summed E-state index contributed by atoms with van der Waals surface area (Å²) in [7, 11) is 0. The summed E-state index contributed by atoms with van der Waals surface area (Å²) in [6.07, 6.45) is 11.1. The zero-order valence-corrected chi connectivity index (χ0v) is 9.50. The molecule has 0 aromatic rings. The molecule has 0 saturated heterocycles. The van der Waals surface area contributed by atoms with Gasteiger partial charge in [0.1, 0.15) is 0 Å². The first-order chi connectivity index (χ1) is 7.34. The Kier molecular flexibility index (Phi) is 2.27. The molecule has 3 rings (SSSR count). The Morgan fingerprint density at radius 3 is 3.27 bits per heavy atom. The lowest BCUT2D eigenvalue weighted by Gasteiger charge is -2.36. The van der Waals surface area contributed by atoms with E-state index in [1.807, 2.05) is 6.21 Å². The van der Waals surface area contributed by atoms with E-state index in [4.69, 9.17) is 0 Å². The molecule has 0 amide bonds. The molecule has 2 unspecified atom stereocenters. The van der Waals surface area contributed by atoms with Crippen molar-refractivity contribution in [2.75, 3.05) is 6.54 Å². The molecule has 1 heteroatoms. The van der Waals surface area contributed by atoms with Crippen LogP contribution in [0.25, 0.3) is 0 Å². The minimum atomic E-state index is 0.866. The summed E-state index contributed by atoms with van der Waals surface area (Å²) >= 11 is 0. The molecule has 0 radical (unpaired) electrons. The van der Waals surface area contributed by atoms with E-state index in [9.17, 15) is 0 Å². The molecular formula is C14H19N. The van der Waals surface area contributed by atoms with Crippen LogP contribution in [0.1, 0.15) is 39.0 Å². The van der Waals surface area contributed by atoms with Gasteiger partial charge in [-0.3, -0.25) is 4.99 Å². The molecule has 0 N–H and O–H groups in total. The van der Waals surface area contributed by atoms with E-state index < -0.39 is 0 Å². The largest absolute Gasteiger partial charge is 0.289 e. The maximum Gasteiger partial charge on any atom is 0.0605 e. The van der Waals surface area contributed by atoms with Crippen molar-refractivity contribution in [3.8, 4) is 0 Å². The van der Waals surface area contributed by atoms with Crippen molar-refractivity contribution in [3.63, 3.8) is 0 Å². The Morgan fingerprint density at radius 1 is 1.40 bits per heavy atom. The Labute approximate surface area is 92.0 Å². The topological polar surface area (TPSA) is 12.4 Å². The van der Waals surface area contributed by atoms with Crippen LogP contribution in [0.15, 0.2) is 27.8 Å². The van der Waals surface area contributed by atoms with Crippen molar-refractivity contribution in [2.45, 2.75) is 39.0 Å². The lowest BCUT2D eigenvalue weighted by atomic mass is 9.69. The highest BCUT2D eigenvalue weighted by atomic mass is 14.7. The van der Waals surface area contributed by atoms with Gasteiger partial charge < -0.3 is 0 Å². The zero-order valence-electron chi connectivity index (χ0n) is 9.50. The summed E-state index contributed by atoms with van der Waals surface area (Å²) in [5, 5.41) is 0. The van der Waals surface area contributed by atoms with E-state index in [2.05, 4.69) is 18.0 Å². The second kappa shape index (κ2) is 3.62. The van der Waals surface area contributed by atoms with Crippen LogP contribution in [0.5, 0.6) is 0 Å². The molecule has 3 aliphatic rings. The van der Waals surface area contributed by atoms with Gasteiger partial charge in [-0.1, -0.05) is 6.92 Å². The Morgan fingerprint density at radius 2 is 2.33 bits per heavy atom. The molecule has 1 fully saturated rings. The van der Waals surface area contributed by atoms with E-state index >= 15 is 0 Å². The lowest BCUT2D eigenvalue weighted by Crippen LogP contribution is -2.23. The van der Waals surface area contributed by atoms with Crippen LogP contribution in [0, 0.1) is 11.8 Å². The summed E-state index contributed by atoms with van der Waals surface area (Å²) in [6.45, 7) is 3.37. The van der Waals surface area contributed by atoms with E-state index in [0.717, 1.165) is 18.4 Å². The Hall–Kier alpha value is -0.850. The summed E-state index contributed by atoms with van der Waals surface area (Å²) in [6, 6.07) is 0. The summed E-state index contributed by atoms with van der Waals surface area (Å²) in [4.78, 5) is 4.49. The molecule has 1 nitrogen and oxygen atoms in total. The number of nitrogens with zero attached hydrogens (tertiary/aromatic N) is 1. The van der Waals surface area contributed by atoms with Gasteiger partial charge in [-0.2, -0.15) is 0 Å². The van der Waals surface area contributed by atoms with E-state index in [1.165, 1.54) is 32.1 Å². The fourth-order valence-electron chi connectivity index (χ4n) is 3.56. The third-order valence-electron chi connectivity index (χ3n) is 4.08.